The van der Waals surface area contributed by atoms with Crippen molar-refractivity contribution in [3.05, 3.63) is 80.4 Å². The minimum absolute atomic E-state index is 0.0854. The molecule has 1 amide bonds. The zero-order valence-electron chi connectivity index (χ0n) is 14.3. The fraction of sp³-hybridized carbons (Fsp3) is 0.111. The molecule has 3 aromatic rings. The summed E-state index contributed by atoms with van der Waals surface area (Å²) in [5.41, 5.74) is 1.15. The van der Waals surface area contributed by atoms with Crippen LogP contribution < -0.4 is 5.32 Å². The largest absolute Gasteiger partial charge is 0.307 e. The topological polar surface area (TPSA) is 90.1 Å². The van der Waals surface area contributed by atoms with Crippen molar-refractivity contribution in [1.29, 1.82) is 0 Å². The molecule has 27 heavy (non-hydrogen) atoms. The molecule has 0 unspecified atom stereocenters. The van der Waals surface area contributed by atoms with E-state index in [-0.39, 0.29) is 11.3 Å². The van der Waals surface area contributed by atoms with Crippen LogP contribution in [0.25, 0.3) is 0 Å². The third kappa shape index (κ3) is 4.55. The Hall–Kier alpha value is -2.65. The number of anilines is 1. The van der Waals surface area contributed by atoms with Gasteiger partial charge in [-0.1, -0.05) is 28.1 Å². The maximum Gasteiger partial charge on any atom is 0.283 e. The van der Waals surface area contributed by atoms with Gasteiger partial charge in [0.1, 0.15) is 5.82 Å². The summed E-state index contributed by atoms with van der Waals surface area (Å²) in [6, 6.07) is 13.9. The molecule has 0 bridgehead atoms. The molecule has 1 heterocycles. The lowest BCUT2D eigenvalue weighted by Gasteiger charge is -2.10. The van der Waals surface area contributed by atoms with Crippen LogP contribution in [0.3, 0.4) is 0 Å². The Bertz CT molecular complexity index is 1010. The molecule has 0 aliphatic rings. The van der Waals surface area contributed by atoms with Gasteiger partial charge in [-0.2, -0.15) is 5.10 Å². The molecule has 138 valence electrons. The fourth-order valence-electron chi connectivity index (χ4n) is 2.54. The second kappa shape index (κ2) is 8.36. The van der Waals surface area contributed by atoms with E-state index < -0.39 is 10.8 Å². The van der Waals surface area contributed by atoms with Gasteiger partial charge in [0.05, 0.1) is 22.6 Å². The number of aromatic nitrogens is 2. The van der Waals surface area contributed by atoms with E-state index in [1.807, 2.05) is 24.3 Å². The Morgan fingerprint density at radius 2 is 2.11 bits per heavy atom. The lowest BCUT2D eigenvalue weighted by Crippen LogP contribution is -2.16. The second-order valence-corrected chi connectivity index (χ2v) is 7.37. The number of rotatable bonds is 6. The van der Waals surface area contributed by atoms with Crippen molar-refractivity contribution in [3.8, 4) is 0 Å². The molecule has 7 nitrogen and oxygen atoms in total. The number of carbonyl (C=O) groups excluding carboxylic acids is 1. The van der Waals surface area contributed by atoms with Crippen LogP contribution in [-0.4, -0.2) is 26.9 Å². The lowest BCUT2D eigenvalue weighted by molar-refractivity contribution is -0.387. The predicted octanol–water partition coefficient (Wildman–Crippen LogP) is 4.58. The van der Waals surface area contributed by atoms with Crippen molar-refractivity contribution in [2.75, 3.05) is 11.6 Å². The molecular weight excluding hydrogens is 432 g/mol. The zero-order chi connectivity index (χ0) is 19.4. The van der Waals surface area contributed by atoms with Gasteiger partial charge in [0.2, 0.25) is 0 Å². The van der Waals surface area contributed by atoms with Gasteiger partial charge in [0.15, 0.2) is 0 Å². The molecule has 3 rings (SSSR count). The van der Waals surface area contributed by atoms with E-state index >= 15 is 0 Å². The highest BCUT2D eigenvalue weighted by Crippen LogP contribution is 2.28. The van der Waals surface area contributed by atoms with E-state index in [0.29, 0.717) is 17.3 Å². The number of halogens is 1. The number of amides is 1. The number of nitrogens with one attached hydrogen (secondary N) is 1. The highest BCUT2D eigenvalue weighted by Gasteiger charge is 2.18. The average Bonchev–Trinajstić information content (AvgIpc) is 3.07. The van der Waals surface area contributed by atoms with E-state index in [9.17, 15) is 14.9 Å². The third-order valence-corrected chi connectivity index (χ3v) is 5.10. The number of nitrogens with zero attached hydrogens (tertiary/aromatic N) is 3. The smallest absolute Gasteiger partial charge is 0.283 e. The van der Waals surface area contributed by atoms with Gasteiger partial charge in [0.25, 0.3) is 11.6 Å². The molecule has 0 saturated carbocycles. The molecule has 1 N–H and O–H groups in total. The zero-order valence-corrected chi connectivity index (χ0v) is 16.7. The summed E-state index contributed by atoms with van der Waals surface area (Å²) >= 11 is 4.69. The standard InChI is InChI=1S/C18H15BrN4O3S/c1-27-16-6-5-13(10-15(16)23(25)26)18(24)21-17-7-8-20-22(17)11-12-3-2-4-14(19)9-12/h2-10H,11H2,1H3,(H,21,24). The SMILES string of the molecule is CSc1ccc(C(=O)Nc2ccnn2Cc2cccc(Br)c2)cc1[N+](=O)[O-]. The summed E-state index contributed by atoms with van der Waals surface area (Å²) < 4.78 is 2.61. The normalized spacial score (nSPS) is 10.6. The Balaban J connectivity index is 1.80. The number of benzene rings is 2. The summed E-state index contributed by atoms with van der Waals surface area (Å²) in [6.07, 6.45) is 3.34. The quantitative estimate of drug-likeness (QED) is 0.340. The third-order valence-electron chi connectivity index (χ3n) is 3.82. The minimum Gasteiger partial charge on any atom is -0.307 e. The molecule has 0 atom stereocenters. The first-order chi connectivity index (χ1) is 13.0. The van der Waals surface area contributed by atoms with Crippen molar-refractivity contribution in [1.82, 2.24) is 9.78 Å². The van der Waals surface area contributed by atoms with Gasteiger partial charge in [-0.15, -0.1) is 11.8 Å². The first kappa shape index (κ1) is 19.1. The maximum absolute atomic E-state index is 12.6. The highest BCUT2D eigenvalue weighted by molar-refractivity contribution is 9.10. The van der Waals surface area contributed by atoms with Crippen LogP contribution in [0.5, 0.6) is 0 Å². The number of thioether (sulfide) groups is 1. The van der Waals surface area contributed by atoms with Gasteiger partial charge in [-0.3, -0.25) is 14.9 Å². The second-order valence-electron chi connectivity index (χ2n) is 5.60. The van der Waals surface area contributed by atoms with Gasteiger partial charge >= 0.3 is 0 Å². The van der Waals surface area contributed by atoms with Crippen molar-refractivity contribution in [3.63, 3.8) is 0 Å². The molecule has 0 radical (unpaired) electrons. The number of nitro benzene ring substituents is 1. The van der Waals surface area contributed by atoms with Crippen molar-refractivity contribution >= 4 is 45.1 Å². The highest BCUT2D eigenvalue weighted by atomic mass is 79.9. The van der Waals surface area contributed by atoms with Crippen LogP contribution >= 0.6 is 27.7 Å². The van der Waals surface area contributed by atoms with Crippen molar-refractivity contribution in [2.24, 2.45) is 0 Å². The molecule has 1 aromatic heterocycles. The first-order valence-electron chi connectivity index (χ1n) is 7.88. The molecular formula is C18H15BrN4O3S. The minimum atomic E-state index is -0.486. The molecule has 0 aliphatic carbocycles. The summed E-state index contributed by atoms with van der Waals surface area (Å²) in [5, 5.41) is 18.2. The van der Waals surface area contributed by atoms with Gasteiger partial charge in [0, 0.05) is 22.2 Å². The van der Waals surface area contributed by atoms with Crippen LogP contribution in [0, 0.1) is 10.1 Å². The Morgan fingerprint density at radius 1 is 1.30 bits per heavy atom. The Labute approximate surface area is 168 Å². The fourth-order valence-corrected chi connectivity index (χ4v) is 3.53. The van der Waals surface area contributed by atoms with E-state index in [4.69, 9.17) is 0 Å². The summed E-state index contributed by atoms with van der Waals surface area (Å²) in [4.78, 5) is 23.8. The summed E-state index contributed by atoms with van der Waals surface area (Å²) in [5.74, 6) is 0.0818. The number of hydrogen-bond acceptors (Lipinski definition) is 5. The monoisotopic (exact) mass is 446 g/mol. The number of carbonyl (C=O) groups is 1. The van der Waals surface area contributed by atoms with Crippen molar-refractivity contribution in [2.45, 2.75) is 11.4 Å². The van der Waals surface area contributed by atoms with Crippen LogP contribution in [0.2, 0.25) is 0 Å². The molecule has 0 spiro atoms. The van der Waals surface area contributed by atoms with Crippen LogP contribution in [0.15, 0.2) is 64.1 Å². The lowest BCUT2D eigenvalue weighted by atomic mass is 10.2. The van der Waals surface area contributed by atoms with Gasteiger partial charge in [-0.25, -0.2) is 4.68 Å². The average molecular weight is 447 g/mol. The molecule has 2 aromatic carbocycles. The van der Waals surface area contributed by atoms with Crippen LogP contribution in [-0.2, 0) is 6.54 Å². The summed E-state index contributed by atoms with van der Waals surface area (Å²) in [7, 11) is 0. The molecule has 0 saturated heterocycles. The summed E-state index contributed by atoms with van der Waals surface area (Å²) in [6.45, 7) is 0.480. The van der Waals surface area contributed by atoms with Gasteiger partial charge in [-0.05, 0) is 36.1 Å². The molecule has 0 aliphatic heterocycles. The van der Waals surface area contributed by atoms with Crippen molar-refractivity contribution < 1.29 is 9.72 Å². The Kier molecular flexibility index (Phi) is 5.92. The number of nitro groups is 1. The maximum atomic E-state index is 12.6. The molecule has 0 fully saturated rings. The van der Waals surface area contributed by atoms with E-state index in [1.165, 1.54) is 17.8 Å². The van der Waals surface area contributed by atoms with Gasteiger partial charge < -0.3 is 5.32 Å². The van der Waals surface area contributed by atoms with E-state index in [1.54, 1.807) is 35.3 Å². The molecule has 9 heteroatoms. The predicted molar refractivity (Wildman–Crippen MR) is 108 cm³/mol. The van der Waals surface area contributed by atoms with Crippen LogP contribution in [0.4, 0.5) is 11.5 Å². The number of hydrogen-bond donors (Lipinski definition) is 1. The van der Waals surface area contributed by atoms with E-state index in [0.717, 1.165) is 10.0 Å². The first-order valence-corrected chi connectivity index (χ1v) is 9.89. The van der Waals surface area contributed by atoms with Crippen LogP contribution in [0.1, 0.15) is 15.9 Å². The Morgan fingerprint density at radius 3 is 2.81 bits per heavy atom. The van der Waals surface area contributed by atoms with E-state index in [2.05, 4.69) is 26.3 Å².